The van der Waals surface area contributed by atoms with Crippen molar-refractivity contribution in [2.75, 3.05) is 5.32 Å². The van der Waals surface area contributed by atoms with Gasteiger partial charge >= 0.3 is 0 Å². The average molecular weight is 411 g/mol. The zero-order valence-electron chi connectivity index (χ0n) is 14.7. The van der Waals surface area contributed by atoms with Crippen LogP contribution in [0.2, 0.25) is 10.0 Å². The van der Waals surface area contributed by atoms with Gasteiger partial charge in [-0.15, -0.1) is 0 Å². The Morgan fingerprint density at radius 3 is 2.65 bits per heavy atom. The number of carbonyl (C=O) groups excluding carboxylic acids is 1. The lowest BCUT2D eigenvalue weighted by Gasteiger charge is -2.18. The number of carbonyl (C=O) groups is 1. The summed E-state index contributed by atoms with van der Waals surface area (Å²) in [6.07, 6.45) is 0.0748. The quantitative estimate of drug-likeness (QED) is 0.669. The molecule has 0 radical (unpaired) electrons. The zero-order valence-corrected chi connectivity index (χ0v) is 17.1. The van der Waals surface area contributed by atoms with E-state index in [9.17, 15) is 4.79 Å². The van der Waals surface area contributed by atoms with Crippen molar-refractivity contribution < 1.29 is 9.53 Å². The highest BCUT2D eigenvalue weighted by Crippen LogP contribution is 2.28. The van der Waals surface area contributed by atoms with Crippen LogP contribution in [0.5, 0.6) is 5.75 Å². The highest BCUT2D eigenvalue weighted by molar-refractivity contribution is 7.80. The molecule has 2 aromatic rings. The van der Waals surface area contributed by atoms with Crippen LogP contribution in [-0.2, 0) is 11.2 Å². The molecule has 26 heavy (non-hydrogen) atoms. The summed E-state index contributed by atoms with van der Waals surface area (Å²) < 4.78 is 5.59. The molecule has 4 nitrogen and oxygen atoms in total. The van der Waals surface area contributed by atoms with E-state index in [1.165, 1.54) is 0 Å². The third-order valence-electron chi connectivity index (χ3n) is 3.78. The van der Waals surface area contributed by atoms with Crippen LogP contribution in [0.3, 0.4) is 0 Å². The van der Waals surface area contributed by atoms with Crippen LogP contribution in [0.15, 0.2) is 36.4 Å². The predicted molar refractivity (Wildman–Crippen MR) is 111 cm³/mol. The SMILES string of the molecule is CCc1cccc(C)c1NC(=S)NC(=O)C(C)Oc1ccc(Cl)cc1Cl. The molecule has 0 saturated heterocycles. The number of rotatable bonds is 5. The molecule has 0 aliphatic heterocycles. The van der Waals surface area contributed by atoms with Gasteiger partial charge in [-0.3, -0.25) is 10.1 Å². The van der Waals surface area contributed by atoms with Gasteiger partial charge in [-0.2, -0.15) is 0 Å². The molecule has 138 valence electrons. The first kappa shape index (κ1) is 20.5. The largest absolute Gasteiger partial charge is 0.479 e. The molecule has 2 rings (SSSR count). The lowest BCUT2D eigenvalue weighted by atomic mass is 10.1. The summed E-state index contributed by atoms with van der Waals surface area (Å²) in [5.41, 5.74) is 3.09. The summed E-state index contributed by atoms with van der Waals surface area (Å²) >= 11 is 17.2. The monoisotopic (exact) mass is 410 g/mol. The Morgan fingerprint density at radius 2 is 2.00 bits per heavy atom. The molecule has 2 N–H and O–H groups in total. The lowest BCUT2D eigenvalue weighted by molar-refractivity contribution is -0.125. The Labute approximate surface area is 168 Å². The molecule has 0 heterocycles. The fourth-order valence-electron chi connectivity index (χ4n) is 2.38. The first-order valence-corrected chi connectivity index (χ1v) is 9.30. The Balaban J connectivity index is 1.99. The Kier molecular flexibility index (Phi) is 7.26. The lowest BCUT2D eigenvalue weighted by Crippen LogP contribution is -2.42. The molecule has 7 heteroatoms. The summed E-state index contributed by atoms with van der Waals surface area (Å²) in [5.74, 6) is 0.00455. The maximum atomic E-state index is 12.3. The number of benzene rings is 2. The van der Waals surface area contributed by atoms with Crippen molar-refractivity contribution in [3.8, 4) is 5.75 Å². The van der Waals surface area contributed by atoms with E-state index in [2.05, 4.69) is 17.6 Å². The smallest absolute Gasteiger partial charge is 0.266 e. The number of hydrogen-bond acceptors (Lipinski definition) is 3. The number of anilines is 1. The summed E-state index contributed by atoms with van der Waals surface area (Å²) in [6.45, 7) is 5.67. The van der Waals surface area contributed by atoms with Crippen molar-refractivity contribution in [3.05, 3.63) is 57.6 Å². The van der Waals surface area contributed by atoms with Crippen molar-refractivity contribution in [2.24, 2.45) is 0 Å². The number of hydrogen-bond donors (Lipinski definition) is 2. The minimum absolute atomic E-state index is 0.219. The van der Waals surface area contributed by atoms with Gasteiger partial charge in [0, 0.05) is 10.7 Å². The molecule has 1 atom stereocenters. The highest BCUT2D eigenvalue weighted by Gasteiger charge is 2.18. The number of thiocarbonyl (C=S) groups is 1. The van der Waals surface area contributed by atoms with Gasteiger partial charge in [0.2, 0.25) is 0 Å². The van der Waals surface area contributed by atoms with Crippen LogP contribution in [0, 0.1) is 6.92 Å². The minimum Gasteiger partial charge on any atom is -0.479 e. The number of nitrogens with one attached hydrogen (secondary N) is 2. The van der Waals surface area contributed by atoms with Crippen LogP contribution in [0.25, 0.3) is 0 Å². The van der Waals surface area contributed by atoms with Crippen LogP contribution < -0.4 is 15.4 Å². The van der Waals surface area contributed by atoms with E-state index in [1.807, 2.05) is 25.1 Å². The van der Waals surface area contributed by atoms with Gasteiger partial charge in [-0.1, -0.05) is 48.3 Å². The van der Waals surface area contributed by atoms with Gasteiger partial charge in [-0.25, -0.2) is 0 Å². The molecule has 0 saturated carbocycles. The van der Waals surface area contributed by atoms with Crippen molar-refractivity contribution in [1.82, 2.24) is 5.32 Å². The predicted octanol–water partition coefficient (Wildman–Crippen LogP) is 5.14. The number of ether oxygens (including phenoxy) is 1. The van der Waals surface area contributed by atoms with Crippen molar-refractivity contribution in [2.45, 2.75) is 33.3 Å². The maximum absolute atomic E-state index is 12.3. The molecule has 2 aromatic carbocycles. The zero-order chi connectivity index (χ0) is 19.3. The van der Waals surface area contributed by atoms with Gasteiger partial charge in [0.15, 0.2) is 11.2 Å². The fraction of sp³-hybridized carbons (Fsp3) is 0.263. The summed E-state index contributed by atoms with van der Waals surface area (Å²) in [6, 6.07) is 10.8. The Bertz CT molecular complexity index is 827. The van der Waals surface area contributed by atoms with Gasteiger partial charge in [0.05, 0.1) is 5.02 Å². The topological polar surface area (TPSA) is 50.4 Å². The number of para-hydroxylation sites is 1. The van der Waals surface area contributed by atoms with E-state index in [0.29, 0.717) is 15.8 Å². The second kappa shape index (κ2) is 9.21. The van der Waals surface area contributed by atoms with E-state index < -0.39 is 6.10 Å². The van der Waals surface area contributed by atoms with Crippen LogP contribution in [0.1, 0.15) is 25.0 Å². The average Bonchev–Trinajstić information content (AvgIpc) is 2.59. The van der Waals surface area contributed by atoms with Gasteiger partial charge in [-0.05, 0) is 61.8 Å². The summed E-state index contributed by atoms with van der Waals surface area (Å²) in [7, 11) is 0. The molecule has 0 aromatic heterocycles. The molecule has 1 unspecified atom stereocenters. The van der Waals surface area contributed by atoms with E-state index >= 15 is 0 Å². The van der Waals surface area contributed by atoms with E-state index in [1.54, 1.807) is 25.1 Å². The van der Waals surface area contributed by atoms with Crippen LogP contribution in [0.4, 0.5) is 5.69 Å². The number of halogens is 2. The molecule has 0 aliphatic carbocycles. The third-order valence-corrected chi connectivity index (χ3v) is 4.52. The van der Waals surface area contributed by atoms with Crippen molar-refractivity contribution >= 4 is 52.1 Å². The van der Waals surface area contributed by atoms with E-state index in [4.69, 9.17) is 40.2 Å². The Hall–Kier alpha value is -1.82. The molecule has 0 aliphatic rings. The molecular formula is C19H20Cl2N2O2S. The van der Waals surface area contributed by atoms with Gasteiger partial charge in [0.1, 0.15) is 5.75 Å². The second-order valence-corrected chi connectivity index (χ2v) is 6.99. The normalized spacial score (nSPS) is 11.6. The summed E-state index contributed by atoms with van der Waals surface area (Å²) in [5, 5.41) is 6.80. The van der Waals surface area contributed by atoms with Crippen LogP contribution in [-0.4, -0.2) is 17.1 Å². The van der Waals surface area contributed by atoms with E-state index in [0.717, 1.165) is 23.2 Å². The van der Waals surface area contributed by atoms with Gasteiger partial charge in [0.25, 0.3) is 5.91 Å². The minimum atomic E-state index is -0.782. The molecule has 1 amide bonds. The second-order valence-electron chi connectivity index (χ2n) is 5.74. The van der Waals surface area contributed by atoms with Crippen LogP contribution >= 0.6 is 35.4 Å². The standard InChI is InChI=1S/C19H20Cl2N2O2S/c1-4-13-7-5-6-11(2)17(13)22-19(26)23-18(24)12(3)25-16-9-8-14(20)10-15(16)21/h5-10,12H,4H2,1-3H3,(H2,22,23,24,26). The Morgan fingerprint density at radius 1 is 1.27 bits per heavy atom. The number of amides is 1. The molecule has 0 spiro atoms. The molecule has 0 bridgehead atoms. The maximum Gasteiger partial charge on any atom is 0.266 e. The number of aryl methyl sites for hydroxylation is 2. The molecule has 0 fully saturated rings. The first-order chi connectivity index (χ1) is 12.3. The molecular weight excluding hydrogens is 391 g/mol. The third kappa shape index (κ3) is 5.34. The summed E-state index contributed by atoms with van der Waals surface area (Å²) in [4.78, 5) is 12.3. The first-order valence-electron chi connectivity index (χ1n) is 8.13. The van der Waals surface area contributed by atoms with Gasteiger partial charge < -0.3 is 10.1 Å². The van der Waals surface area contributed by atoms with E-state index in [-0.39, 0.29) is 11.0 Å². The highest BCUT2D eigenvalue weighted by atomic mass is 35.5. The van der Waals surface area contributed by atoms with Crippen molar-refractivity contribution in [3.63, 3.8) is 0 Å². The van der Waals surface area contributed by atoms with Crippen molar-refractivity contribution in [1.29, 1.82) is 0 Å². The fourth-order valence-corrected chi connectivity index (χ4v) is 3.03.